The van der Waals surface area contributed by atoms with Gasteiger partial charge in [-0.05, 0) is 50.4 Å². The molecular formula is C23H27N5O. The van der Waals surface area contributed by atoms with E-state index < -0.39 is 0 Å². The summed E-state index contributed by atoms with van der Waals surface area (Å²) in [4.78, 5) is 30.5. The maximum absolute atomic E-state index is 12.1. The Labute approximate surface area is 171 Å². The van der Waals surface area contributed by atoms with Crippen molar-refractivity contribution in [1.29, 1.82) is 0 Å². The fraction of sp³-hybridized carbons (Fsp3) is 0.391. The van der Waals surface area contributed by atoms with Crippen molar-refractivity contribution in [2.24, 2.45) is 0 Å². The van der Waals surface area contributed by atoms with Crippen LogP contribution in [0.1, 0.15) is 49.3 Å². The Morgan fingerprint density at radius 1 is 1.17 bits per heavy atom. The van der Waals surface area contributed by atoms with E-state index in [2.05, 4.69) is 62.1 Å². The summed E-state index contributed by atoms with van der Waals surface area (Å²) >= 11 is 0. The van der Waals surface area contributed by atoms with E-state index >= 15 is 0 Å². The number of piperidine rings is 1. The third-order valence-electron chi connectivity index (χ3n) is 5.82. The van der Waals surface area contributed by atoms with Gasteiger partial charge in [-0.15, -0.1) is 0 Å². The van der Waals surface area contributed by atoms with Gasteiger partial charge in [0, 0.05) is 24.4 Å². The number of hydrogen-bond donors (Lipinski definition) is 1. The van der Waals surface area contributed by atoms with Crippen molar-refractivity contribution in [2.45, 2.75) is 38.0 Å². The highest BCUT2D eigenvalue weighted by Gasteiger charge is 2.23. The molecule has 4 rings (SSSR count). The molecule has 3 heterocycles. The summed E-state index contributed by atoms with van der Waals surface area (Å²) < 4.78 is 0. The minimum Gasteiger partial charge on any atom is -0.305 e. The van der Waals surface area contributed by atoms with Crippen LogP contribution in [0.25, 0.3) is 11.5 Å². The number of aromatic nitrogens is 4. The molecule has 2 aromatic heterocycles. The maximum atomic E-state index is 12.1. The number of nitrogens with zero attached hydrogens (tertiary/aromatic N) is 4. The predicted octanol–water partition coefficient (Wildman–Crippen LogP) is 3.60. The Hall–Kier alpha value is -2.86. The average molecular weight is 390 g/mol. The van der Waals surface area contributed by atoms with E-state index in [0.29, 0.717) is 23.4 Å². The lowest BCUT2D eigenvalue weighted by Gasteiger charge is -2.32. The summed E-state index contributed by atoms with van der Waals surface area (Å²) in [7, 11) is 0. The number of nitrogens with one attached hydrogen (secondary N) is 1. The van der Waals surface area contributed by atoms with E-state index in [0.717, 1.165) is 44.6 Å². The number of hydrogen-bond acceptors (Lipinski definition) is 5. The van der Waals surface area contributed by atoms with Crippen molar-refractivity contribution < 1.29 is 0 Å². The summed E-state index contributed by atoms with van der Waals surface area (Å²) in [6.07, 6.45) is 8.05. The van der Waals surface area contributed by atoms with Gasteiger partial charge in [0.2, 0.25) is 0 Å². The van der Waals surface area contributed by atoms with Crippen LogP contribution >= 0.6 is 0 Å². The van der Waals surface area contributed by atoms with Crippen molar-refractivity contribution in [3.05, 3.63) is 76.6 Å². The van der Waals surface area contributed by atoms with Gasteiger partial charge in [0.05, 0.1) is 11.9 Å². The van der Waals surface area contributed by atoms with Crippen molar-refractivity contribution in [3.63, 3.8) is 0 Å². The van der Waals surface area contributed by atoms with Gasteiger partial charge in [0.25, 0.3) is 5.56 Å². The third kappa shape index (κ3) is 4.95. The zero-order valence-electron chi connectivity index (χ0n) is 16.8. The van der Waals surface area contributed by atoms with Gasteiger partial charge in [-0.3, -0.25) is 9.78 Å². The smallest absolute Gasteiger partial charge is 0.251 e. The van der Waals surface area contributed by atoms with E-state index in [4.69, 9.17) is 0 Å². The van der Waals surface area contributed by atoms with E-state index in [1.54, 1.807) is 24.7 Å². The van der Waals surface area contributed by atoms with E-state index in [-0.39, 0.29) is 5.56 Å². The zero-order chi connectivity index (χ0) is 20.1. The molecule has 0 spiro atoms. The molecule has 6 nitrogen and oxygen atoms in total. The second-order valence-electron chi connectivity index (χ2n) is 7.83. The Bertz CT molecular complexity index is 965. The average Bonchev–Trinajstić information content (AvgIpc) is 2.78. The highest BCUT2D eigenvalue weighted by atomic mass is 16.1. The van der Waals surface area contributed by atoms with Crippen LogP contribution in [0.4, 0.5) is 0 Å². The number of aromatic amines is 1. The van der Waals surface area contributed by atoms with Gasteiger partial charge < -0.3 is 9.88 Å². The Morgan fingerprint density at radius 2 is 1.97 bits per heavy atom. The summed E-state index contributed by atoms with van der Waals surface area (Å²) in [6, 6.07) is 12.4. The van der Waals surface area contributed by atoms with E-state index in [1.165, 1.54) is 5.56 Å². The molecule has 150 valence electrons. The monoisotopic (exact) mass is 389 g/mol. The first-order valence-electron chi connectivity index (χ1n) is 10.3. The lowest BCUT2D eigenvalue weighted by atomic mass is 9.92. The first-order valence-corrected chi connectivity index (χ1v) is 10.3. The fourth-order valence-corrected chi connectivity index (χ4v) is 4.01. The molecule has 1 atom stereocenters. The second-order valence-corrected chi connectivity index (χ2v) is 7.83. The molecule has 1 aromatic carbocycles. The van der Waals surface area contributed by atoms with Crippen LogP contribution in [0.3, 0.4) is 0 Å². The van der Waals surface area contributed by atoms with Crippen molar-refractivity contribution in [2.75, 3.05) is 19.6 Å². The van der Waals surface area contributed by atoms with Crippen LogP contribution in [0, 0.1) is 0 Å². The van der Waals surface area contributed by atoms with Crippen LogP contribution < -0.4 is 5.56 Å². The molecule has 0 saturated carbocycles. The van der Waals surface area contributed by atoms with Gasteiger partial charge in [-0.1, -0.05) is 37.3 Å². The Balaban J connectivity index is 1.35. The Kier molecular flexibility index (Phi) is 6.10. The molecule has 6 heteroatoms. The van der Waals surface area contributed by atoms with Crippen molar-refractivity contribution in [1.82, 2.24) is 24.8 Å². The van der Waals surface area contributed by atoms with Gasteiger partial charge in [-0.2, -0.15) is 0 Å². The van der Waals surface area contributed by atoms with E-state index in [9.17, 15) is 4.79 Å². The molecule has 0 bridgehead atoms. The van der Waals surface area contributed by atoms with Crippen molar-refractivity contribution >= 4 is 0 Å². The normalized spacial score (nSPS) is 16.6. The third-order valence-corrected chi connectivity index (χ3v) is 5.82. The number of rotatable bonds is 6. The number of H-pyrrole nitrogens is 1. The van der Waals surface area contributed by atoms with Crippen LogP contribution in [0.2, 0.25) is 0 Å². The molecule has 29 heavy (non-hydrogen) atoms. The van der Waals surface area contributed by atoms with Crippen LogP contribution in [-0.2, 0) is 0 Å². The molecular weight excluding hydrogens is 362 g/mol. The standard InChI is InChI=1S/C23H27N5O/c1-17(18-5-3-2-4-6-18)7-12-28-13-8-19(9-14-28)20-15-22(29)27-23(26-20)21-16-24-10-11-25-21/h2-6,10-11,15-17,19H,7-9,12-14H2,1H3,(H,26,27,29). The van der Waals surface area contributed by atoms with Crippen LogP contribution in [0.5, 0.6) is 0 Å². The highest BCUT2D eigenvalue weighted by Crippen LogP contribution is 2.28. The maximum Gasteiger partial charge on any atom is 0.251 e. The highest BCUT2D eigenvalue weighted by molar-refractivity contribution is 5.46. The molecule has 0 radical (unpaired) electrons. The summed E-state index contributed by atoms with van der Waals surface area (Å²) in [5.41, 5.74) is 2.74. The van der Waals surface area contributed by atoms with Gasteiger partial charge in [0.15, 0.2) is 5.82 Å². The van der Waals surface area contributed by atoms with Crippen LogP contribution in [0.15, 0.2) is 59.8 Å². The number of benzene rings is 1. The molecule has 3 aromatic rings. The molecule has 1 N–H and O–H groups in total. The molecule has 1 aliphatic heterocycles. The first-order chi connectivity index (χ1) is 14.2. The van der Waals surface area contributed by atoms with Crippen molar-refractivity contribution in [3.8, 4) is 11.5 Å². The number of likely N-dealkylation sites (tertiary alicyclic amines) is 1. The minimum absolute atomic E-state index is 0.130. The summed E-state index contributed by atoms with van der Waals surface area (Å²) in [6.45, 7) is 5.49. The summed E-state index contributed by atoms with van der Waals surface area (Å²) in [5, 5.41) is 0. The molecule has 1 aliphatic rings. The Morgan fingerprint density at radius 3 is 2.69 bits per heavy atom. The topological polar surface area (TPSA) is 74.8 Å². The van der Waals surface area contributed by atoms with Crippen LogP contribution in [-0.4, -0.2) is 44.5 Å². The minimum atomic E-state index is -0.130. The molecule has 1 fully saturated rings. The largest absolute Gasteiger partial charge is 0.305 e. The summed E-state index contributed by atoms with van der Waals surface area (Å²) in [5.74, 6) is 1.38. The SMILES string of the molecule is CC(CCN1CCC(c2cc(=O)[nH]c(-c3cnccn3)n2)CC1)c1ccccc1. The van der Waals surface area contributed by atoms with Gasteiger partial charge in [0.1, 0.15) is 5.69 Å². The molecule has 1 saturated heterocycles. The lowest BCUT2D eigenvalue weighted by Crippen LogP contribution is -2.34. The van der Waals surface area contributed by atoms with Gasteiger partial charge in [-0.25, -0.2) is 9.97 Å². The quantitative estimate of drug-likeness (QED) is 0.697. The molecule has 1 unspecified atom stereocenters. The zero-order valence-corrected chi connectivity index (χ0v) is 16.8. The molecule has 0 aliphatic carbocycles. The first kappa shape index (κ1) is 19.5. The van der Waals surface area contributed by atoms with Gasteiger partial charge >= 0.3 is 0 Å². The van der Waals surface area contributed by atoms with E-state index in [1.807, 2.05) is 0 Å². The predicted molar refractivity (Wildman–Crippen MR) is 114 cm³/mol. The molecule has 0 amide bonds. The fourth-order valence-electron chi connectivity index (χ4n) is 4.01. The lowest BCUT2D eigenvalue weighted by molar-refractivity contribution is 0.205. The second kappa shape index (κ2) is 9.09.